The van der Waals surface area contributed by atoms with Crippen molar-refractivity contribution in [2.75, 3.05) is 38.3 Å². The van der Waals surface area contributed by atoms with Gasteiger partial charge in [-0.1, -0.05) is 39.8 Å². The van der Waals surface area contributed by atoms with Gasteiger partial charge in [-0.2, -0.15) is 5.26 Å². The summed E-state index contributed by atoms with van der Waals surface area (Å²) in [7, 11) is 1.89. The fraction of sp³-hybridized carbons (Fsp3) is 0.484. The van der Waals surface area contributed by atoms with Crippen molar-refractivity contribution in [3.05, 3.63) is 48.0 Å². The van der Waals surface area contributed by atoms with E-state index < -0.39 is 0 Å². The predicted molar refractivity (Wildman–Crippen MR) is 154 cm³/mol. The molecule has 1 atom stereocenters. The highest BCUT2D eigenvalue weighted by Crippen LogP contribution is 2.35. The monoisotopic (exact) mass is 529 g/mol. The normalized spacial score (nSPS) is 17.5. The van der Waals surface area contributed by atoms with E-state index in [1.54, 1.807) is 0 Å². The summed E-state index contributed by atoms with van der Waals surface area (Å²) in [5.74, 6) is 1.47. The molecule has 3 aromatic rings. The van der Waals surface area contributed by atoms with Crippen LogP contribution in [-0.4, -0.2) is 66.3 Å². The first-order valence-electron chi connectivity index (χ1n) is 14.0. The second-order valence-electron chi connectivity index (χ2n) is 10.1. The molecule has 0 spiro atoms. The molecule has 5 rings (SSSR count). The molecule has 2 fully saturated rings. The Morgan fingerprint density at radius 2 is 1.79 bits per heavy atom. The minimum absolute atomic E-state index is 0.0404. The van der Waals surface area contributed by atoms with Crippen molar-refractivity contribution < 1.29 is 14.3 Å². The number of hydrogen-bond donors (Lipinski definition) is 0. The Hall–Kier alpha value is -3.70. The topological polar surface area (TPSA) is 91.6 Å². The number of hydrogen-bond acceptors (Lipinski definition) is 7. The number of carbonyl (C=O) groups is 1. The van der Waals surface area contributed by atoms with E-state index in [0.29, 0.717) is 31.1 Å². The van der Waals surface area contributed by atoms with Crippen LogP contribution in [0.5, 0.6) is 5.75 Å². The van der Waals surface area contributed by atoms with Gasteiger partial charge in [0.1, 0.15) is 23.6 Å². The van der Waals surface area contributed by atoms with Crippen LogP contribution < -0.4 is 9.64 Å². The summed E-state index contributed by atoms with van der Waals surface area (Å²) in [6, 6.07) is 15.9. The molecule has 1 amide bonds. The van der Waals surface area contributed by atoms with Gasteiger partial charge in [-0.25, -0.2) is 9.97 Å². The zero-order chi connectivity index (χ0) is 27.9. The summed E-state index contributed by atoms with van der Waals surface area (Å²) in [5.41, 5.74) is 3.64. The largest absolute Gasteiger partial charge is 0.489 e. The second-order valence-corrected chi connectivity index (χ2v) is 10.1. The van der Waals surface area contributed by atoms with Gasteiger partial charge in [-0.3, -0.25) is 4.79 Å². The van der Waals surface area contributed by atoms with Gasteiger partial charge in [-0.05, 0) is 36.8 Å². The molecular formula is C31H39N5O3. The molecule has 2 saturated heterocycles. The minimum Gasteiger partial charge on any atom is -0.489 e. The average Bonchev–Trinajstić information content (AvgIpc) is 3.48. The molecule has 8 heteroatoms. The molecule has 3 heterocycles. The summed E-state index contributed by atoms with van der Waals surface area (Å²) < 4.78 is 11.6. The molecule has 8 nitrogen and oxygen atoms in total. The first kappa shape index (κ1) is 28.3. The van der Waals surface area contributed by atoms with Crippen molar-refractivity contribution in [2.24, 2.45) is 5.92 Å². The number of rotatable bonds is 6. The highest BCUT2D eigenvalue weighted by molar-refractivity contribution is 5.84. The van der Waals surface area contributed by atoms with Crippen LogP contribution in [0.3, 0.4) is 0 Å². The maximum absolute atomic E-state index is 12.6. The van der Waals surface area contributed by atoms with Gasteiger partial charge in [0.15, 0.2) is 5.82 Å². The lowest BCUT2D eigenvalue weighted by Crippen LogP contribution is -2.41. The number of fused-ring (bicyclic) bond motifs is 1. The van der Waals surface area contributed by atoms with E-state index in [9.17, 15) is 10.1 Å². The van der Waals surface area contributed by atoms with Crippen LogP contribution >= 0.6 is 0 Å². The Morgan fingerprint density at radius 1 is 1.10 bits per heavy atom. The van der Waals surface area contributed by atoms with E-state index in [2.05, 4.69) is 11.0 Å². The third kappa shape index (κ3) is 6.31. The van der Waals surface area contributed by atoms with Crippen LogP contribution in [0.2, 0.25) is 0 Å². The van der Waals surface area contributed by atoms with E-state index in [1.165, 1.54) is 0 Å². The Morgan fingerprint density at radius 3 is 2.46 bits per heavy atom. The fourth-order valence-corrected chi connectivity index (χ4v) is 5.08. The summed E-state index contributed by atoms with van der Waals surface area (Å²) in [4.78, 5) is 26.7. The van der Waals surface area contributed by atoms with Gasteiger partial charge in [0.25, 0.3) is 0 Å². The fourth-order valence-electron chi connectivity index (χ4n) is 5.08. The van der Waals surface area contributed by atoms with E-state index in [-0.39, 0.29) is 24.0 Å². The van der Waals surface area contributed by atoms with E-state index in [1.807, 2.05) is 82.1 Å². The number of amides is 1. The van der Waals surface area contributed by atoms with Gasteiger partial charge in [-0.15, -0.1) is 0 Å². The van der Waals surface area contributed by atoms with Crippen LogP contribution in [-0.2, 0) is 9.53 Å². The standard InChI is InChI=1S/C29H33N5O3.C2H6/c1-19(2)29(35)33(3)22-10-13-34(18-22)28-27(31-24-6-4-5-7-25(24)32-28)20-8-9-26(21(16-20)17-30)37-23-11-14-36-15-12-23;1-2/h4-9,16,19,22-23H,10-15,18H2,1-3H3;1-2H3/t22-;/m0./s1. The van der Waals surface area contributed by atoms with Crippen molar-refractivity contribution in [2.45, 2.75) is 59.1 Å². The molecule has 0 saturated carbocycles. The van der Waals surface area contributed by atoms with Gasteiger partial charge in [0, 0.05) is 44.5 Å². The zero-order valence-electron chi connectivity index (χ0n) is 23.7. The molecule has 0 radical (unpaired) electrons. The SMILES string of the molecule is CC.CC(C)C(=O)N(C)[C@H]1CCN(c2nc3ccccc3nc2-c2ccc(OC3CCOCC3)c(C#N)c2)C1. The van der Waals surface area contributed by atoms with Crippen LogP contribution in [0.15, 0.2) is 42.5 Å². The maximum Gasteiger partial charge on any atom is 0.225 e. The number of anilines is 1. The second kappa shape index (κ2) is 12.9. The number of carbonyl (C=O) groups excluding carboxylic acids is 1. The van der Waals surface area contributed by atoms with E-state index in [4.69, 9.17) is 19.4 Å². The zero-order valence-corrected chi connectivity index (χ0v) is 23.7. The van der Waals surface area contributed by atoms with Crippen LogP contribution in [0.25, 0.3) is 22.3 Å². The van der Waals surface area contributed by atoms with E-state index >= 15 is 0 Å². The minimum atomic E-state index is -0.0404. The third-order valence-corrected chi connectivity index (χ3v) is 7.24. The molecule has 2 aromatic carbocycles. The predicted octanol–water partition coefficient (Wildman–Crippen LogP) is 5.45. The molecule has 206 valence electrons. The lowest BCUT2D eigenvalue weighted by Gasteiger charge is -2.27. The Balaban J connectivity index is 0.00000172. The Labute approximate surface area is 231 Å². The number of benzene rings is 2. The summed E-state index contributed by atoms with van der Waals surface area (Å²) in [6.07, 6.45) is 2.55. The van der Waals surface area contributed by atoms with Crippen molar-refractivity contribution in [3.63, 3.8) is 0 Å². The number of ether oxygens (including phenoxy) is 2. The average molecular weight is 530 g/mol. The first-order valence-corrected chi connectivity index (χ1v) is 14.0. The van der Waals surface area contributed by atoms with Gasteiger partial charge < -0.3 is 19.3 Å². The first-order chi connectivity index (χ1) is 18.9. The van der Waals surface area contributed by atoms with E-state index in [0.717, 1.165) is 53.9 Å². The third-order valence-electron chi connectivity index (χ3n) is 7.24. The van der Waals surface area contributed by atoms with Crippen molar-refractivity contribution >= 4 is 22.8 Å². The summed E-state index contributed by atoms with van der Waals surface area (Å²) in [5, 5.41) is 9.93. The number of nitriles is 1. The Kier molecular flexibility index (Phi) is 9.36. The summed E-state index contributed by atoms with van der Waals surface area (Å²) >= 11 is 0. The molecule has 0 aliphatic carbocycles. The maximum atomic E-state index is 12.6. The van der Waals surface area contributed by atoms with Crippen LogP contribution in [0, 0.1) is 17.2 Å². The molecule has 2 aliphatic rings. The van der Waals surface area contributed by atoms with Gasteiger partial charge in [0.05, 0.1) is 35.9 Å². The summed E-state index contributed by atoms with van der Waals surface area (Å²) in [6.45, 7) is 10.7. The highest BCUT2D eigenvalue weighted by Gasteiger charge is 2.32. The molecular weight excluding hydrogens is 490 g/mol. The number of nitrogens with zero attached hydrogens (tertiary/aromatic N) is 5. The molecule has 39 heavy (non-hydrogen) atoms. The number of likely N-dealkylation sites (N-methyl/N-ethyl adjacent to an activating group) is 1. The molecule has 0 N–H and O–H groups in total. The molecule has 2 aliphatic heterocycles. The van der Waals surface area contributed by atoms with Crippen molar-refractivity contribution in [1.29, 1.82) is 5.26 Å². The smallest absolute Gasteiger partial charge is 0.225 e. The lowest BCUT2D eigenvalue weighted by atomic mass is 10.1. The number of aromatic nitrogens is 2. The van der Waals surface area contributed by atoms with Crippen LogP contribution in [0.4, 0.5) is 5.82 Å². The molecule has 0 unspecified atom stereocenters. The lowest BCUT2D eigenvalue weighted by molar-refractivity contribution is -0.134. The van der Waals surface area contributed by atoms with Crippen molar-refractivity contribution in [1.82, 2.24) is 14.9 Å². The van der Waals surface area contributed by atoms with Crippen LogP contribution in [0.1, 0.15) is 52.5 Å². The quantitative estimate of drug-likeness (QED) is 0.420. The Bertz CT molecular complexity index is 1330. The molecule has 1 aromatic heterocycles. The van der Waals surface area contributed by atoms with Gasteiger partial charge in [0.2, 0.25) is 5.91 Å². The highest BCUT2D eigenvalue weighted by atomic mass is 16.5. The number of para-hydroxylation sites is 2. The van der Waals surface area contributed by atoms with Crippen molar-refractivity contribution in [3.8, 4) is 23.1 Å². The van der Waals surface area contributed by atoms with Gasteiger partial charge >= 0.3 is 0 Å². The molecule has 0 bridgehead atoms.